The van der Waals surface area contributed by atoms with Gasteiger partial charge in [0.15, 0.2) is 0 Å². The molecule has 1 N–H and O–H groups in total. The first kappa shape index (κ1) is 13.0. The van der Waals surface area contributed by atoms with Crippen molar-refractivity contribution in [2.75, 3.05) is 13.6 Å². The first-order valence-electron chi connectivity index (χ1n) is 6.18. The molecule has 1 rings (SSSR count). The van der Waals surface area contributed by atoms with Gasteiger partial charge in [-0.1, -0.05) is 27.7 Å². The van der Waals surface area contributed by atoms with Gasteiger partial charge in [0, 0.05) is 12.6 Å². The van der Waals surface area contributed by atoms with Crippen LogP contribution in [0.15, 0.2) is 0 Å². The Balaban J connectivity index is 2.53. The van der Waals surface area contributed by atoms with Gasteiger partial charge in [-0.05, 0) is 37.6 Å². The van der Waals surface area contributed by atoms with Gasteiger partial charge < -0.3 is 10.0 Å². The molecule has 0 aromatic carbocycles. The molecule has 1 aliphatic carbocycles. The molecule has 1 aliphatic rings. The molecule has 1 fully saturated rings. The second-order valence-corrected chi connectivity index (χ2v) is 6.49. The van der Waals surface area contributed by atoms with Crippen molar-refractivity contribution >= 4 is 0 Å². The largest absolute Gasteiger partial charge is 0.393 e. The fraction of sp³-hybridized carbons (Fsp3) is 1.00. The lowest BCUT2D eigenvalue weighted by atomic mass is 9.82. The van der Waals surface area contributed by atoms with E-state index in [1.807, 2.05) is 0 Å². The Morgan fingerprint density at radius 1 is 1.27 bits per heavy atom. The first-order chi connectivity index (χ1) is 6.79. The molecule has 0 aromatic heterocycles. The minimum absolute atomic E-state index is 0.0754. The van der Waals surface area contributed by atoms with Gasteiger partial charge in [-0.2, -0.15) is 0 Å². The Morgan fingerprint density at radius 3 is 2.40 bits per heavy atom. The maximum absolute atomic E-state index is 9.72. The van der Waals surface area contributed by atoms with E-state index in [9.17, 15) is 5.11 Å². The summed E-state index contributed by atoms with van der Waals surface area (Å²) in [6, 6.07) is 0.563. The van der Waals surface area contributed by atoms with Crippen LogP contribution in [0.25, 0.3) is 0 Å². The maximum atomic E-state index is 9.72. The molecular weight excluding hydrogens is 186 g/mol. The molecule has 0 saturated heterocycles. The third-order valence-corrected chi connectivity index (χ3v) is 3.42. The third kappa shape index (κ3) is 4.12. The molecule has 90 valence electrons. The average molecular weight is 213 g/mol. The van der Waals surface area contributed by atoms with Crippen LogP contribution >= 0.6 is 0 Å². The second-order valence-electron chi connectivity index (χ2n) is 6.49. The monoisotopic (exact) mass is 213 g/mol. The predicted octanol–water partition coefficient (Wildman–Crippen LogP) is 2.51. The second kappa shape index (κ2) is 4.84. The van der Waals surface area contributed by atoms with E-state index >= 15 is 0 Å². The van der Waals surface area contributed by atoms with Crippen LogP contribution in [0.4, 0.5) is 0 Å². The Labute approximate surface area is 94.7 Å². The summed E-state index contributed by atoms with van der Waals surface area (Å²) in [5.41, 5.74) is 0.344. The summed E-state index contributed by atoms with van der Waals surface area (Å²) in [6.45, 7) is 10.2. The lowest BCUT2D eigenvalue weighted by molar-refractivity contribution is 0.0311. The van der Waals surface area contributed by atoms with E-state index in [4.69, 9.17) is 0 Å². The van der Waals surface area contributed by atoms with Crippen LogP contribution < -0.4 is 0 Å². The Morgan fingerprint density at radius 2 is 1.87 bits per heavy atom. The molecular formula is C13H27NO. The van der Waals surface area contributed by atoms with E-state index in [0.717, 1.165) is 25.3 Å². The van der Waals surface area contributed by atoms with Crippen molar-refractivity contribution in [3.8, 4) is 0 Å². The van der Waals surface area contributed by atoms with E-state index in [2.05, 4.69) is 39.6 Å². The van der Waals surface area contributed by atoms with Gasteiger partial charge in [-0.15, -0.1) is 0 Å². The van der Waals surface area contributed by atoms with Crippen molar-refractivity contribution in [3.63, 3.8) is 0 Å². The molecule has 0 heterocycles. The van der Waals surface area contributed by atoms with Crippen molar-refractivity contribution in [2.24, 2.45) is 11.3 Å². The van der Waals surface area contributed by atoms with Crippen molar-refractivity contribution in [1.82, 2.24) is 4.90 Å². The number of rotatable bonds is 2. The molecule has 0 aromatic rings. The quantitative estimate of drug-likeness (QED) is 0.762. The van der Waals surface area contributed by atoms with Crippen LogP contribution in [-0.4, -0.2) is 35.7 Å². The lowest BCUT2D eigenvalue weighted by Crippen LogP contribution is -2.45. The SMILES string of the molecule is CC1CCC(O)CC1N(C)CC(C)(C)C. The number of nitrogens with zero attached hydrogens (tertiary/aromatic N) is 1. The van der Waals surface area contributed by atoms with Gasteiger partial charge in [-0.25, -0.2) is 0 Å². The average Bonchev–Trinajstić information content (AvgIpc) is 2.06. The van der Waals surface area contributed by atoms with Gasteiger partial charge >= 0.3 is 0 Å². The number of aliphatic hydroxyl groups excluding tert-OH is 1. The highest BCUT2D eigenvalue weighted by Crippen LogP contribution is 2.29. The molecule has 1 saturated carbocycles. The fourth-order valence-electron chi connectivity index (χ4n) is 2.76. The zero-order chi connectivity index (χ0) is 11.6. The standard InChI is InChI=1S/C13H27NO/c1-10-6-7-11(15)8-12(10)14(5)9-13(2,3)4/h10-12,15H,6-9H2,1-5H3. The summed E-state index contributed by atoms with van der Waals surface area (Å²) >= 11 is 0. The summed E-state index contributed by atoms with van der Waals surface area (Å²) in [5.74, 6) is 0.723. The number of hydrogen-bond donors (Lipinski definition) is 1. The van der Waals surface area contributed by atoms with Gasteiger partial charge in [0.25, 0.3) is 0 Å². The van der Waals surface area contributed by atoms with Crippen molar-refractivity contribution < 1.29 is 5.11 Å². The van der Waals surface area contributed by atoms with Crippen LogP contribution in [-0.2, 0) is 0 Å². The smallest absolute Gasteiger partial charge is 0.0555 e. The van der Waals surface area contributed by atoms with Crippen molar-refractivity contribution in [2.45, 2.75) is 59.1 Å². The van der Waals surface area contributed by atoms with E-state index in [-0.39, 0.29) is 6.10 Å². The third-order valence-electron chi connectivity index (χ3n) is 3.42. The normalized spacial score (nSPS) is 33.4. The minimum Gasteiger partial charge on any atom is -0.393 e. The van der Waals surface area contributed by atoms with Crippen LogP contribution in [0.2, 0.25) is 0 Å². The number of aliphatic hydroxyl groups is 1. The Kier molecular flexibility index (Phi) is 4.19. The van der Waals surface area contributed by atoms with E-state index in [1.54, 1.807) is 0 Å². The predicted molar refractivity (Wildman–Crippen MR) is 64.9 cm³/mol. The number of hydrogen-bond acceptors (Lipinski definition) is 2. The van der Waals surface area contributed by atoms with Crippen LogP contribution in [0.5, 0.6) is 0 Å². The molecule has 0 bridgehead atoms. The minimum atomic E-state index is -0.0754. The molecule has 0 spiro atoms. The molecule has 0 radical (unpaired) electrons. The highest BCUT2D eigenvalue weighted by atomic mass is 16.3. The first-order valence-corrected chi connectivity index (χ1v) is 6.18. The molecule has 3 unspecified atom stereocenters. The molecule has 2 nitrogen and oxygen atoms in total. The van der Waals surface area contributed by atoms with Gasteiger partial charge in [0.2, 0.25) is 0 Å². The van der Waals surface area contributed by atoms with Gasteiger partial charge in [-0.3, -0.25) is 0 Å². The zero-order valence-electron chi connectivity index (χ0n) is 11.0. The molecule has 0 amide bonds. The fourth-order valence-corrected chi connectivity index (χ4v) is 2.76. The molecule has 3 atom stereocenters. The lowest BCUT2D eigenvalue weighted by Gasteiger charge is -2.40. The summed E-state index contributed by atoms with van der Waals surface area (Å²) < 4.78 is 0. The zero-order valence-corrected chi connectivity index (χ0v) is 11.0. The maximum Gasteiger partial charge on any atom is 0.0555 e. The molecule has 2 heteroatoms. The van der Waals surface area contributed by atoms with Gasteiger partial charge in [0.05, 0.1) is 6.10 Å². The Hall–Kier alpha value is -0.0800. The summed E-state index contributed by atoms with van der Waals surface area (Å²) in [7, 11) is 2.20. The van der Waals surface area contributed by atoms with Crippen molar-refractivity contribution in [1.29, 1.82) is 0 Å². The molecule has 0 aliphatic heterocycles. The Bertz CT molecular complexity index is 197. The summed E-state index contributed by atoms with van der Waals surface area (Å²) in [5, 5.41) is 9.72. The van der Waals surface area contributed by atoms with Crippen LogP contribution in [0.1, 0.15) is 47.0 Å². The van der Waals surface area contributed by atoms with E-state index < -0.39 is 0 Å². The molecule has 15 heavy (non-hydrogen) atoms. The topological polar surface area (TPSA) is 23.5 Å². The van der Waals surface area contributed by atoms with Crippen LogP contribution in [0.3, 0.4) is 0 Å². The van der Waals surface area contributed by atoms with E-state index in [1.165, 1.54) is 6.42 Å². The summed E-state index contributed by atoms with van der Waals surface area (Å²) in [6.07, 6.45) is 3.03. The van der Waals surface area contributed by atoms with Gasteiger partial charge in [0.1, 0.15) is 0 Å². The summed E-state index contributed by atoms with van der Waals surface area (Å²) in [4.78, 5) is 2.44. The van der Waals surface area contributed by atoms with Crippen molar-refractivity contribution in [3.05, 3.63) is 0 Å². The highest BCUT2D eigenvalue weighted by Gasteiger charge is 2.30. The highest BCUT2D eigenvalue weighted by molar-refractivity contribution is 4.85. The van der Waals surface area contributed by atoms with E-state index in [0.29, 0.717) is 11.5 Å². The van der Waals surface area contributed by atoms with Crippen LogP contribution in [0, 0.1) is 11.3 Å².